The number of nitrogens with zero attached hydrogens (tertiary/aromatic N) is 4. The molecule has 6 nitrogen and oxygen atoms in total. The molecule has 0 saturated heterocycles. The van der Waals surface area contributed by atoms with Crippen molar-refractivity contribution in [3.05, 3.63) is 50.9 Å². The molecule has 0 radical (unpaired) electrons. The van der Waals surface area contributed by atoms with Crippen LogP contribution >= 0.6 is 11.6 Å². The molecule has 0 aliphatic carbocycles. The van der Waals surface area contributed by atoms with E-state index in [2.05, 4.69) is 5.10 Å². The molecular formula is C14H14ClFN4O2. The molecule has 1 aromatic carbocycles. The molecule has 22 heavy (non-hydrogen) atoms. The molecule has 116 valence electrons. The lowest BCUT2D eigenvalue weighted by Gasteiger charge is -2.20. The van der Waals surface area contributed by atoms with Gasteiger partial charge in [0.15, 0.2) is 0 Å². The Balaban J connectivity index is 1.84. The molecule has 1 aliphatic heterocycles. The number of aromatic nitrogens is 3. The van der Waals surface area contributed by atoms with Crippen LogP contribution in [-0.4, -0.2) is 38.2 Å². The summed E-state index contributed by atoms with van der Waals surface area (Å²) >= 11 is 5.83. The molecular weight excluding hydrogens is 311 g/mol. The van der Waals surface area contributed by atoms with Gasteiger partial charge in [0.25, 0.3) is 5.91 Å². The van der Waals surface area contributed by atoms with Crippen LogP contribution in [0.2, 0.25) is 5.02 Å². The second-order valence-electron chi connectivity index (χ2n) is 5.14. The van der Waals surface area contributed by atoms with Crippen molar-refractivity contribution in [3.8, 4) is 0 Å². The zero-order valence-corrected chi connectivity index (χ0v) is 12.7. The zero-order valence-electron chi connectivity index (χ0n) is 11.9. The largest absolute Gasteiger partial charge is 0.345 e. The monoisotopic (exact) mass is 324 g/mol. The molecule has 1 aliphatic rings. The van der Waals surface area contributed by atoms with Crippen LogP contribution in [0.15, 0.2) is 23.0 Å². The maximum Gasteiger partial charge on any atom is 0.345 e. The number of amides is 1. The molecule has 8 heteroatoms. The third-order valence-corrected chi connectivity index (χ3v) is 3.96. The summed E-state index contributed by atoms with van der Waals surface area (Å²) in [5.74, 6) is -0.399. The van der Waals surface area contributed by atoms with Crippen molar-refractivity contribution >= 4 is 17.5 Å². The number of carbonyl (C=O) groups is 1. The van der Waals surface area contributed by atoms with Crippen LogP contribution in [0.3, 0.4) is 0 Å². The van der Waals surface area contributed by atoms with Crippen LogP contribution in [0.25, 0.3) is 0 Å². The van der Waals surface area contributed by atoms with E-state index in [4.69, 9.17) is 11.6 Å². The smallest absolute Gasteiger partial charge is 0.336 e. The lowest BCUT2D eigenvalue weighted by molar-refractivity contribution is 0.0754. The molecule has 0 spiro atoms. The Morgan fingerprint density at radius 3 is 2.86 bits per heavy atom. The summed E-state index contributed by atoms with van der Waals surface area (Å²) in [6, 6.07) is 3.89. The van der Waals surface area contributed by atoms with Crippen LogP contribution in [-0.2, 0) is 20.0 Å². The number of aryl methyl sites for hydroxylation is 1. The van der Waals surface area contributed by atoms with E-state index in [1.165, 1.54) is 27.8 Å². The SMILES string of the molecule is Cn1nc2n(c1=O)CCN(C(=O)c1cc(Cl)ccc1F)CC2. The van der Waals surface area contributed by atoms with Gasteiger partial charge in [0, 0.05) is 38.1 Å². The van der Waals surface area contributed by atoms with Crippen LogP contribution in [0.1, 0.15) is 16.2 Å². The fourth-order valence-corrected chi connectivity index (χ4v) is 2.74. The average Bonchev–Trinajstić information content (AvgIpc) is 2.66. The highest BCUT2D eigenvalue weighted by Gasteiger charge is 2.24. The lowest BCUT2D eigenvalue weighted by atomic mass is 10.2. The number of hydrogen-bond donors (Lipinski definition) is 0. The van der Waals surface area contributed by atoms with Crippen molar-refractivity contribution in [2.45, 2.75) is 13.0 Å². The van der Waals surface area contributed by atoms with Crippen molar-refractivity contribution < 1.29 is 9.18 Å². The van der Waals surface area contributed by atoms with Gasteiger partial charge in [0.2, 0.25) is 0 Å². The summed E-state index contributed by atoms with van der Waals surface area (Å²) in [6.07, 6.45) is 0.448. The summed E-state index contributed by atoms with van der Waals surface area (Å²) in [5.41, 5.74) is -0.266. The number of benzene rings is 1. The minimum Gasteiger partial charge on any atom is -0.336 e. The molecule has 0 unspecified atom stereocenters. The van der Waals surface area contributed by atoms with E-state index >= 15 is 0 Å². The number of hydrogen-bond acceptors (Lipinski definition) is 3. The number of fused-ring (bicyclic) bond motifs is 1. The second-order valence-corrected chi connectivity index (χ2v) is 5.58. The van der Waals surface area contributed by atoms with Crippen LogP contribution < -0.4 is 5.69 Å². The number of rotatable bonds is 1. The van der Waals surface area contributed by atoms with Gasteiger partial charge >= 0.3 is 5.69 Å². The highest BCUT2D eigenvalue weighted by molar-refractivity contribution is 6.31. The van der Waals surface area contributed by atoms with Gasteiger partial charge in [-0.3, -0.25) is 9.36 Å². The molecule has 0 bridgehead atoms. The lowest BCUT2D eigenvalue weighted by Crippen LogP contribution is -2.35. The van der Waals surface area contributed by atoms with Crippen LogP contribution in [0.5, 0.6) is 0 Å². The molecule has 1 aromatic heterocycles. The van der Waals surface area contributed by atoms with Crippen molar-refractivity contribution in [1.29, 1.82) is 0 Å². The van der Waals surface area contributed by atoms with Gasteiger partial charge in [-0.2, -0.15) is 5.10 Å². The Kier molecular flexibility index (Phi) is 3.74. The Bertz CT molecular complexity index is 799. The predicted octanol–water partition coefficient (Wildman–Crippen LogP) is 1.07. The highest BCUT2D eigenvalue weighted by atomic mass is 35.5. The summed E-state index contributed by atoms with van der Waals surface area (Å²) in [5, 5.41) is 4.45. The summed E-state index contributed by atoms with van der Waals surface area (Å²) in [6.45, 7) is 1.04. The Morgan fingerprint density at radius 2 is 2.09 bits per heavy atom. The summed E-state index contributed by atoms with van der Waals surface area (Å²) in [7, 11) is 1.59. The topological polar surface area (TPSA) is 60.1 Å². The standard InChI is InChI=1S/C14H14ClFN4O2/c1-18-14(22)20-7-6-19(5-4-12(20)17-18)13(21)10-8-9(15)2-3-11(10)16/h2-3,8H,4-7H2,1H3. The van der Waals surface area contributed by atoms with Gasteiger partial charge in [-0.15, -0.1) is 0 Å². The maximum absolute atomic E-state index is 13.8. The molecule has 2 aromatic rings. The molecule has 1 amide bonds. The highest BCUT2D eigenvalue weighted by Crippen LogP contribution is 2.17. The first kappa shape index (κ1) is 14.8. The molecule has 2 heterocycles. The van der Waals surface area contributed by atoms with Gasteiger partial charge < -0.3 is 4.90 Å². The Hall–Kier alpha value is -2.15. The van der Waals surface area contributed by atoms with Crippen LogP contribution in [0.4, 0.5) is 4.39 Å². The van der Waals surface area contributed by atoms with Gasteiger partial charge in [-0.05, 0) is 18.2 Å². The van der Waals surface area contributed by atoms with Gasteiger partial charge in [-0.25, -0.2) is 13.9 Å². The van der Waals surface area contributed by atoms with Gasteiger partial charge in [-0.1, -0.05) is 11.6 Å². The first-order chi connectivity index (χ1) is 10.5. The quantitative estimate of drug-likeness (QED) is 0.788. The minimum absolute atomic E-state index is 0.0556. The fourth-order valence-electron chi connectivity index (χ4n) is 2.57. The van der Waals surface area contributed by atoms with E-state index in [0.717, 1.165) is 0 Å². The van der Waals surface area contributed by atoms with Crippen molar-refractivity contribution in [1.82, 2.24) is 19.2 Å². The Labute approximate surface area is 130 Å². The average molecular weight is 325 g/mol. The zero-order chi connectivity index (χ0) is 15.9. The van der Waals surface area contributed by atoms with E-state index < -0.39 is 11.7 Å². The van der Waals surface area contributed by atoms with Crippen molar-refractivity contribution in [2.75, 3.05) is 13.1 Å². The number of carbonyl (C=O) groups excluding carboxylic acids is 1. The first-order valence-electron chi connectivity index (χ1n) is 6.84. The summed E-state index contributed by atoms with van der Waals surface area (Å²) in [4.78, 5) is 25.9. The fraction of sp³-hybridized carbons (Fsp3) is 0.357. The molecule has 0 fully saturated rings. The number of halogens is 2. The predicted molar refractivity (Wildman–Crippen MR) is 78.5 cm³/mol. The van der Waals surface area contributed by atoms with Crippen molar-refractivity contribution in [2.24, 2.45) is 7.05 Å². The van der Waals surface area contributed by atoms with Crippen molar-refractivity contribution in [3.63, 3.8) is 0 Å². The molecule has 0 N–H and O–H groups in total. The normalized spacial score (nSPS) is 14.6. The molecule has 3 rings (SSSR count). The molecule has 0 atom stereocenters. The van der Waals surface area contributed by atoms with Gasteiger partial charge in [0.05, 0.1) is 5.56 Å². The van der Waals surface area contributed by atoms with Gasteiger partial charge in [0.1, 0.15) is 11.6 Å². The van der Waals surface area contributed by atoms with Crippen LogP contribution in [0, 0.1) is 5.82 Å². The third-order valence-electron chi connectivity index (χ3n) is 3.73. The van der Waals surface area contributed by atoms with E-state index in [1.807, 2.05) is 0 Å². The van der Waals surface area contributed by atoms with E-state index in [1.54, 1.807) is 11.6 Å². The van der Waals surface area contributed by atoms with E-state index in [9.17, 15) is 14.0 Å². The van der Waals surface area contributed by atoms with E-state index in [0.29, 0.717) is 36.9 Å². The molecule has 0 saturated carbocycles. The first-order valence-corrected chi connectivity index (χ1v) is 7.22. The third kappa shape index (κ3) is 2.52. The minimum atomic E-state index is -0.604. The second kappa shape index (κ2) is 5.57. The van der Waals surface area contributed by atoms with E-state index in [-0.39, 0.29) is 11.3 Å². The summed E-state index contributed by atoms with van der Waals surface area (Å²) < 4.78 is 16.6. The Morgan fingerprint density at radius 1 is 1.32 bits per heavy atom. The maximum atomic E-state index is 13.8.